The van der Waals surface area contributed by atoms with Gasteiger partial charge < -0.3 is 14.6 Å². The number of hydrogen-bond donors (Lipinski definition) is 1. The Bertz CT molecular complexity index is 629. The molecule has 1 unspecified atom stereocenters. The molecule has 1 aromatic carbocycles. The minimum atomic E-state index is -0.811. The second-order valence-corrected chi connectivity index (χ2v) is 4.77. The highest BCUT2D eigenvalue weighted by molar-refractivity contribution is 7.10. The summed E-state index contributed by atoms with van der Waals surface area (Å²) in [5.41, 5.74) is 1.20. The van der Waals surface area contributed by atoms with Crippen LogP contribution in [0.4, 0.5) is 0 Å². The van der Waals surface area contributed by atoms with Gasteiger partial charge in [-0.05, 0) is 29.1 Å². The average Bonchev–Trinajstić information content (AvgIpc) is 3.05. The van der Waals surface area contributed by atoms with Crippen molar-refractivity contribution in [3.8, 4) is 17.6 Å². The zero-order valence-electron chi connectivity index (χ0n) is 9.29. The van der Waals surface area contributed by atoms with Gasteiger partial charge in [-0.3, -0.25) is 0 Å². The standard InChI is InChI=1S/C13H9NO3S/c14-6-9-3-4-18-13(9)12(15)8-1-2-10-11(5-8)17-7-16-10/h1-5,12,15H,7H2. The number of ether oxygens (including phenoxy) is 2. The molecule has 18 heavy (non-hydrogen) atoms. The lowest BCUT2D eigenvalue weighted by atomic mass is 10.1. The molecule has 0 amide bonds. The molecule has 5 heteroatoms. The zero-order chi connectivity index (χ0) is 12.5. The van der Waals surface area contributed by atoms with Crippen molar-refractivity contribution in [3.63, 3.8) is 0 Å². The predicted molar refractivity (Wildman–Crippen MR) is 65.7 cm³/mol. The molecule has 4 nitrogen and oxygen atoms in total. The van der Waals surface area contributed by atoms with E-state index in [0.29, 0.717) is 27.5 Å². The van der Waals surface area contributed by atoms with Gasteiger partial charge in [0, 0.05) is 0 Å². The second-order valence-electron chi connectivity index (χ2n) is 3.83. The highest BCUT2D eigenvalue weighted by atomic mass is 32.1. The van der Waals surface area contributed by atoms with Gasteiger partial charge in [0.05, 0.1) is 10.4 Å². The summed E-state index contributed by atoms with van der Waals surface area (Å²) in [6, 6.07) is 9.06. The summed E-state index contributed by atoms with van der Waals surface area (Å²) in [6.07, 6.45) is -0.811. The molecule has 1 N–H and O–H groups in total. The number of nitriles is 1. The molecule has 0 aliphatic carbocycles. The summed E-state index contributed by atoms with van der Waals surface area (Å²) in [5, 5.41) is 21.0. The van der Waals surface area contributed by atoms with E-state index in [9.17, 15) is 5.11 Å². The van der Waals surface area contributed by atoms with Gasteiger partial charge in [0.25, 0.3) is 0 Å². The SMILES string of the molecule is N#Cc1ccsc1C(O)c1ccc2c(c1)OCO2. The van der Waals surface area contributed by atoms with Gasteiger partial charge in [-0.2, -0.15) is 5.26 Å². The zero-order valence-corrected chi connectivity index (χ0v) is 10.1. The number of aliphatic hydroxyl groups excluding tert-OH is 1. The normalized spacial score (nSPS) is 14.2. The molecule has 3 rings (SSSR count). The van der Waals surface area contributed by atoms with E-state index < -0.39 is 6.10 Å². The summed E-state index contributed by atoms with van der Waals surface area (Å²) in [6.45, 7) is 0.206. The molecule has 2 aromatic rings. The van der Waals surface area contributed by atoms with Crippen molar-refractivity contribution in [2.24, 2.45) is 0 Å². The van der Waals surface area contributed by atoms with E-state index in [2.05, 4.69) is 6.07 Å². The van der Waals surface area contributed by atoms with Crippen molar-refractivity contribution in [1.82, 2.24) is 0 Å². The Morgan fingerprint density at radius 3 is 2.94 bits per heavy atom. The first kappa shape index (κ1) is 11.1. The molecule has 0 saturated heterocycles. The smallest absolute Gasteiger partial charge is 0.231 e. The van der Waals surface area contributed by atoms with Crippen molar-refractivity contribution < 1.29 is 14.6 Å². The van der Waals surface area contributed by atoms with Crippen molar-refractivity contribution >= 4 is 11.3 Å². The molecule has 2 heterocycles. The number of thiophene rings is 1. The molecule has 1 aliphatic rings. The highest BCUT2D eigenvalue weighted by Crippen LogP contribution is 2.37. The van der Waals surface area contributed by atoms with Gasteiger partial charge in [0.2, 0.25) is 6.79 Å². The van der Waals surface area contributed by atoms with Crippen LogP contribution in [0, 0.1) is 11.3 Å². The number of rotatable bonds is 2. The Kier molecular flexibility index (Phi) is 2.67. The highest BCUT2D eigenvalue weighted by Gasteiger charge is 2.20. The molecule has 0 spiro atoms. The molecule has 1 aliphatic heterocycles. The van der Waals surface area contributed by atoms with E-state index in [1.807, 2.05) is 0 Å². The van der Waals surface area contributed by atoms with Crippen LogP contribution in [-0.2, 0) is 0 Å². The molecule has 1 atom stereocenters. The molecule has 0 fully saturated rings. The number of benzene rings is 1. The van der Waals surface area contributed by atoms with Crippen LogP contribution in [0.5, 0.6) is 11.5 Å². The van der Waals surface area contributed by atoms with Gasteiger partial charge >= 0.3 is 0 Å². The van der Waals surface area contributed by atoms with Crippen LogP contribution in [0.25, 0.3) is 0 Å². The largest absolute Gasteiger partial charge is 0.454 e. The molecule has 0 saturated carbocycles. The molecule has 0 radical (unpaired) electrons. The van der Waals surface area contributed by atoms with E-state index in [1.165, 1.54) is 11.3 Å². The number of nitrogens with zero attached hydrogens (tertiary/aromatic N) is 1. The van der Waals surface area contributed by atoms with Crippen LogP contribution in [0.3, 0.4) is 0 Å². The molecular weight excluding hydrogens is 250 g/mol. The van der Waals surface area contributed by atoms with Crippen LogP contribution >= 0.6 is 11.3 Å². The monoisotopic (exact) mass is 259 g/mol. The fourth-order valence-electron chi connectivity index (χ4n) is 1.86. The van der Waals surface area contributed by atoms with Crippen molar-refractivity contribution in [3.05, 3.63) is 45.6 Å². The summed E-state index contributed by atoms with van der Waals surface area (Å²) in [7, 11) is 0. The van der Waals surface area contributed by atoms with E-state index in [0.717, 1.165) is 0 Å². The summed E-state index contributed by atoms with van der Waals surface area (Å²) in [4.78, 5) is 0.649. The Morgan fingerprint density at radius 2 is 2.11 bits per heavy atom. The van der Waals surface area contributed by atoms with E-state index in [1.54, 1.807) is 29.6 Å². The van der Waals surface area contributed by atoms with Gasteiger partial charge in [-0.15, -0.1) is 11.3 Å². The summed E-state index contributed by atoms with van der Waals surface area (Å²) in [5.74, 6) is 1.30. The summed E-state index contributed by atoms with van der Waals surface area (Å²) < 4.78 is 10.5. The predicted octanol–water partition coefficient (Wildman–Crippen LogP) is 2.43. The third-order valence-electron chi connectivity index (χ3n) is 2.78. The first-order valence-electron chi connectivity index (χ1n) is 5.34. The molecule has 90 valence electrons. The quantitative estimate of drug-likeness (QED) is 0.899. The Morgan fingerprint density at radius 1 is 1.28 bits per heavy atom. The van der Waals surface area contributed by atoms with Crippen LogP contribution in [0.15, 0.2) is 29.6 Å². The van der Waals surface area contributed by atoms with Crippen molar-refractivity contribution in [2.75, 3.05) is 6.79 Å². The second kappa shape index (κ2) is 4.33. The number of fused-ring (bicyclic) bond motifs is 1. The number of aliphatic hydroxyl groups is 1. The maximum Gasteiger partial charge on any atom is 0.231 e. The van der Waals surface area contributed by atoms with Crippen LogP contribution in [-0.4, -0.2) is 11.9 Å². The lowest BCUT2D eigenvalue weighted by molar-refractivity contribution is 0.173. The van der Waals surface area contributed by atoms with E-state index in [-0.39, 0.29) is 6.79 Å². The Hall–Kier alpha value is -2.03. The molecule has 0 bridgehead atoms. The lowest BCUT2D eigenvalue weighted by Gasteiger charge is -2.10. The molecule has 1 aromatic heterocycles. The number of hydrogen-bond acceptors (Lipinski definition) is 5. The Labute approximate surface area is 108 Å². The fraction of sp³-hybridized carbons (Fsp3) is 0.154. The van der Waals surface area contributed by atoms with Crippen LogP contribution in [0.1, 0.15) is 22.1 Å². The third-order valence-corrected chi connectivity index (χ3v) is 3.75. The van der Waals surface area contributed by atoms with Gasteiger partial charge in [0.15, 0.2) is 11.5 Å². The maximum absolute atomic E-state index is 10.3. The maximum atomic E-state index is 10.3. The Balaban J connectivity index is 1.98. The van der Waals surface area contributed by atoms with Crippen molar-refractivity contribution in [1.29, 1.82) is 5.26 Å². The van der Waals surface area contributed by atoms with E-state index in [4.69, 9.17) is 14.7 Å². The summed E-state index contributed by atoms with van der Waals surface area (Å²) >= 11 is 1.37. The van der Waals surface area contributed by atoms with Crippen LogP contribution in [0.2, 0.25) is 0 Å². The van der Waals surface area contributed by atoms with Gasteiger partial charge in [-0.25, -0.2) is 0 Å². The fourth-order valence-corrected chi connectivity index (χ4v) is 2.72. The first-order valence-corrected chi connectivity index (χ1v) is 6.22. The lowest BCUT2D eigenvalue weighted by Crippen LogP contribution is -1.99. The van der Waals surface area contributed by atoms with Crippen molar-refractivity contribution in [2.45, 2.75) is 6.10 Å². The molecular formula is C13H9NO3S. The first-order chi connectivity index (χ1) is 8.79. The third kappa shape index (κ3) is 1.72. The van der Waals surface area contributed by atoms with E-state index >= 15 is 0 Å². The topological polar surface area (TPSA) is 62.5 Å². The van der Waals surface area contributed by atoms with Gasteiger partial charge in [0.1, 0.15) is 12.2 Å². The minimum Gasteiger partial charge on any atom is -0.454 e. The van der Waals surface area contributed by atoms with Crippen LogP contribution < -0.4 is 9.47 Å². The average molecular weight is 259 g/mol. The van der Waals surface area contributed by atoms with Gasteiger partial charge in [-0.1, -0.05) is 6.07 Å². The minimum absolute atomic E-state index is 0.206.